The third-order valence-electron chi connectivity index (χ3n) is 3.93. The maximum Gasteiger partial charge on any atom is 0.222 e. The van der Waals surface area contributed by atoms with Crippen molar-refractivity contribution in [1.29, 1.82) is 0 Å². The highest BCUT2D eigenvalue weighted by molar-refractivity contribution is 5.97. The second-order valence-corrected chi connectivity index (χ2v) is 5.61. The molecule has 4 rings (SSSR count). The zero-order valence-electron chi connectivity index (χ0n) is 12.6. The van der Waals surface area contributed by atoms with E-state index in [0.717, 1.165) is 11.3 Å². The quantitative estimate of drug-likeness (QED) is 0.755. The standard InChI is InChI=1S/C17H16N4O2/c1-9-8-22-15-13(9)12(23-10-5-3-2-4-6-10)7-11-14(15)16(18)21-17(19)20-11/h2-7,9H,8H2,1H3,(H4,18,19,20,21). The van der Waals surface area contributed by atoms with Crippen molar-refractivity contribution in [3.63, 3.8) is 0 Å². The van der Waals surface area contributed by atoms with Gasteiger partial charge in [0.1, 0.15) is 23.1 Å². The third kappa shape index (κ3) is 2.19. The van der Waals surface area contributed by atoms with Crippen LogP contribution in [0.25, 0.3) is 10.9 Å². The summed E-state index contributed by atoms with van der Waals surface area (Å²) in [6.07, 6.45) is 0. The van der Waals surface area contributed by atoms with Gasteiger partial charge in [-0.1, -0.05) is 25.1 Å². The number of nitrogens with zero attached hydrogens (tertiary/aromatic N) is 2. The zero-order valence-corrected chi connectivity index (χ0v) is 12.6. The number of nitrogens with two attached hydrogens (primary N) is 2. The minimum Gasteiger partial charge on any atom is -0.492 e. The summed E-state index contributed by atoms with van der Waals surface area (Å²) < 4.78 is 11.9. The van der Waals surface area contributed by atoms with Gasteiger partial charge < -0.3 is 20.9 Å². The van der Waals surface area contributed by atoms with Crippen molar-refractivity contribution in [2.24, 2.45) is 0 Å². The van der Waals surface area contributed by atoms with Crippen molar-refractivity contribution < 1.29 is 9.47 Å². The summed E-state index contributed by atoms with van der Waals surface area (Å²) >= 11 is 0. The van der Waals surface area contributed by atoms with Crippen LogP contribution >= 0.6 is 0 Å². The number of para-hydroxylation sites is 1. The molecule has 3 aromatic rings. The molecule has 4 N–H and O–H groups in total. The lowest BCUT2D eigenvalue weighted by Crippen LogP contribution is -2.02. The number of hydrogen-bond donors (Lipinski definition) is 2. The molecule has 6 nitrogen and oxygen atoms in total. The second kappa shape index (κ2) is 5.01. The van der Waals surface area contributed by atoms with Gasteiger partial charge >= 0.3 is 0 Å². The number of benzene rings is 2. The molecule has 0 amide bonds. The lowest BCUT2D eigenvalue weighted by molar-refractivity contribution is 0.340. The van der Waals surface area contributed by atoms with Crippen LogP contribution in [0.3, 0.4) is 0 Å². The monoisotopic (exact) mass is 308 g/mol. The van der Waals surface area contributed by atoms with Gasteiger partial charge in [0.25, 0.3) is 0 Å². The predicted molar refractivity (Wildman–Crippen MR) is 88.8 cm³/mol. The van der Waals surface area contributed by atoms with Crippen molar-refractivity contribution in [2.75, 3.05) is 18.1 Å². The Hall–Kier alpha value is -3.02. The van der Waals surface area contributed by atoms with Crippen LogP contribution in [0.4, 0.5) is 11.8 Å². The van der Waals surface area contributed by atoms with Crippen LogP contribution in [0.1, 0.15) is 18.4 Å². The SMILES string of the molecule is CC1COc2c1c(Oc1ccccc1)cc1nc(N)nc(N)c21. The Morgan fingerprint density at radius 2 is 1.96 bits per heavy atom. The molecule has 0 saturated heterocycles. The van der Waals surface area contributed by atoms with E-state index in [1.165, 1.54) is 0 Å². The molecular weight excluding hydrogens is 292 g/mol. The van der Waals surface area contributed by atoms with Gasteiger partial charge in [0.05, 0.1) is 17.5 Å². The maximum atomic E-state index is 6.06. The van der Waals surface area contributed by atoms with E-state index in [9.17, 15) is 0 Å². The first-order valence-corrected chi connectivity index (χ1v) is 7.39. The largest absolute Gasteiger partial charge is 0.492 e. The molecule has 0 radical (unpaired) electrons. The topological polar surface area (TPSA) is 96.3 Å². The molecule has 1 aliphatic rings. The fraction of sp³-hybridized carbons (Fsp3) is 0.176. The number of aromatic nitrogens is 2. The number of ether oxygens (including phenoxy) is 2. The highest BCUT2D eigenvalue weighted by Crippen LogP contribution is 2.47. The minimum atomic E-state index is 0.131. The fourth-order valence-electron chi connectivity index (χ4n) is 2.91. The molecule has 0 bridgehead atoms. The molecule has 2 heterocycles. The average molecular weight is 308 g/mol. The molecule has 116 valence electrons. The van der Waals surface area contributed by atoms with Crippen molar-refractivity contribution in [1.82, 2.24) is 9.97 Å². The summed E-state index contributed by atoms with van der Waals surface area (Å²) in [6, 6.07) is 11.4. The first-order valence-electron chi connectivity index (χ1n) is 7.39. The van der Waals surface area contributed by atoms with Gasteiger partial charge in [0.15, 0.2) is 0 Å². The van der Waals surface area contributed by atoms with E-state index in [1.54, 1.807) is 0 Å². The summed E-state index contributed by atoms with van der Waals surface area (Å²) in [4.78, 5) is 8.31. The normalized spacial score (nSPS) is 16.1. The predicted octanol–water partition coefficient (Wildman–Crippen LogP) is 3.08. The van der Waals surface area contributed by atoms with Crippen LogP contribution in [0.5, 0.6) is 17.2 Å². The van der Waals surface area contributed by atoms with Gasteiger partial charge in [-0.3, -0.25) is 0 Å². The van der Waals surface area contributed by atoms with E-state index in [2.05, 4.69) is 16.9 Å². The van der Waals surface area contributed by atoms with Gasteiger partial charge in [0.2, 0.25) is 5.95 Å². The summed E-state index contributed by atoms with van der Waals surface area (Å²) in [7, 11) is 0. The molecule has 0 saturated carbocycles. The number of rotatable bonds is 2. The highest BCUT2D eigenvalue weighted by Gasteiger charge is 2.29. The van der Waals surface area contributed by atoms with Crippen LogP contribution in [0, 0.1) is 0 Å². The van der Waals surface area contributed by atoms with Crippen molar-refractivity contribution in [3.8, 4) is 17.2 Å². The number of anilines is 2. The highest BCUT2D eigenvalue weighted by atomic mass is 16.5. The van der Waals surface area contributed by atoms with E-state index in [4.69, 9.17) is 20.9 Å². The van der Waals surface area contributed by atoms with Crippen LogP contribution in [-0.2, 0) is 0 Å². The molecule has 1 aliphatic heterocycles. The van der Waals surface area contributed by atoms with Crippen molar-refractivity contribution in [2.45, 2.75) is 12.8 Å². The molecule has 23 heavy (non-hydrogen) atoms. The molecule has 0 aliphatic carbocycles. The molecule has 1 aromatic heterocycles. The van der Waals surface area contributed by atoms with Crippen LogP contribution < -0.4 is 20.9 Å². The smallest absolute Gasteiger partial charge is 0.222 e. The van der Waals surface area contributed by atoms with E-state index < -0.39 is 0 Å². The van der Waals surface area contributed by atoms with Gasteiger partial charge in [-0.05, 0) is 12.1 Å². The molecule has 1 atom stereocenters. The first-order chi connectivity index (χ1) is 11.1. The molecule has 0 spiro atoms. The second-order valence-electron chi connectivity index (χ2n) is 5.61. The van der Waals surface area contributed by atoms with E-state index in [1.807, 2.05) is 36.4 Å². The average Bonchev–Trinajstić information content (AvgIpc) is 2.90. The van der Waals surface area contributed by atoms with E-state index in [0.29, 0.717) is 34.8 Å². The lowest BCUT2D eigenvalue weighted by Gasteiger charge is -2.14. The van der Waals surface area contributed by atoms with Gasteiger partial charge in [0, 0.05) is 17.5 Å². The van der Waals surface area contributed by atoms with Crippen LogP contribution in [0.15, 0.2) is 36.4 Å². The van der Waals surface area contributed by atoms with E-state index >= 15 is 0 Å². The first kappa shape index (κ1) is 13.6. The molecule has 6 heteroatoms. The number of nitrogen functional groups attached to an aromatic ring is 2. The Kier molecular flexibility index (Phi) is 2.97. The third-order valence-corrected chi connectivity index (χ3v) is 3.93. The molecule has 2 aromatic carbocycles. The molecule has 0 fully saturated rings. The fourth-order valence-corrected chi connectivity index (χ4v) is 2.91. The Morgan fingerprint density at radius 3 is 2.74 bits per heavy atom. The number of fused-ring (bicyclic) bond motifs is 3. The van der Waals surface area contributed by atoms with Gasteiger partial charge in [-0.15, -0.1) is 0 Å². The van der Waals surface area contributed by atoms with Crippen LogP contribution in [0.2, 0.25) is 0 Å². The number of hydrogen-bond acceptors (Lipinski definition) is 6. The minimum absolute atomic E-state index is 0.131. The zero-order chi connectivity index (χ0) is 16.0. The summed E-state index contributed by atoms with van der Waals surface area (Å²) in [5.41, 5.74) is 13.3. The van der Waals surface area contributed by atoms with Crippen LogP contribution in [-0.4, -0.2) is 16.6 Å². The summed E-state index contributed by atoms with van der Waals surface area (Å²) in [6.45, 7) is 2.66. The van der Waals surface area contributed by atoms with Crippen molar-refractivity contribution >= 4 is 22.7 Å². The summed E-state index contributed by atoms with van der Waals surface area (Å²) in [5, 5.41) is 0.693. The Bertz CT molecular complexity index is 896. The molecular formula is C17H16N4O2. The van der Waals surface area contributed by atoms with E-state index in [-0.39, 0.29) is 11.9 Å². The Labute approximate surface area is 133 Å². The summed E-state index contributed by atoms with van der Waals surface area (Å²) in [5.74, 6) is 2.81. The lowest BCUT2D eigenvalue weighted by atomic mass is 9.99. The molecule has 1 unspecified atom stereocenters. The van der Waals surface area contributed by atoms with Gasteiger partial charge in [-0.2, -0.15) is 4.98 Å². The Morgan fingerprint density at radius 1 is 1.17 bits per heavy atom. The van der Waals surface area contributed by atoms with Crippen molar-refractivity contribution in [3.05, 3.63) is 42.0 Å². The Balaban J connectivity index is 1.96. The maximum absolute atomic E-state index is 6.06. The van der Waals surface area contributed by atoms with Gasteiger partial charge in [-0.25, -0.2) is 4.98 Å².